The molecule has 3 aromatic rings. The van der Waals surface area contributed by atoms with E-state index in [0.29, 0.717) is 19.0 Å². The first-order valence-electron chi connectivity index (χ1n) is 9.70. The fourth-order valence-corrected chi connectivity index (χ4v) is 2.82. The second-order valence-corrected chi connectivity index (χ2v) is 6.56. The summed E-state index contributed by atoms with van der Waals surface area (Å²) in [5, 5.41) is 3.94. The van der Waals surface area contributed by atoms with Crippen molar-refractivity contribution in [1.29, 1.82) is 0 Å². The first kappa shape index (κ1) is 19.6. The smallest absolute Gasteiger partial charge is 0.244 e. The Morgan fingerprint density at radius 2 is 2.18 bits per heavy atom. The summed E-state index contributed by atoms with van der Waals surface area (Å²) in [6.45, 7) is 4.20. The van der Waals surface area contributed by atoms with Crippen molar-refractivity contribution in [2.75, 3.05) is 13.2 Å². The maximum Gasteiger partial charge on any atom is 0.244 e. The van der Waals surface area contributed by atoms with Gasteiger partial charge in [-0.25, -0.2) is 9.97 Å². The largest absolute Gasteiger partial charge is 0.477 e. The summed E-state index contributed by atoms with van der Waals surface area (Å²) in [6, 6.07) is 9.89. The summed E-state index contributed by atoms with van der Waals surface area (Å²) < 4.78 is 7.81. The van der Waals surface area contributed by atoms with Crippen LogP contribution in [0.25, 0.3) is 17.0 Å². The Labute approximate surface area is 165 Å². The third-order valence-electron chi connectivity index (χ3n) is 4.28. The van der Waals surface area contributed by atoms with E-state index in [1.165, 1.54) is 0 Å². The first-order valence-corrected chi connectivity index (χ1v) is 9.70. The summed E-state index contributed by atoms with van der Waals surface area (Å²) in [5.41, 5.74) is 1.69. The number of aromatic nitrogens is 3. The number of unbranched alkanes of at least 4 members (excludes halogenated alkanes) is 1. The number of para-hydroxylation sites is 1. The van der Waals surface area contributed by atoms with Gasteiger partial charge in [0, 0.05) is 42.5 Å². The van der Waals surface area contributed by atoms with Crippen molar-refractivity contribution in [3.05, 3.63) is 60.7 Å². The molecule has 0 saturated carbocycles. The van der Waals surface area contributed by atoms with Gasteiger partial charge in [-0.05, 0) is 37.5 Å². The number of hydrogen-bond donors (Lipinski definition) is 1. The number of nitrogens with zero attached hydrogens (tertiary/aromatic N) is 3. The normalized spacial score (nSPS) is 11.2. The highest BCUT2D eigenvalue weighted by Gasteiger charge is 2.06. The number of carbonyl (C=O) groups is 1. The van der Waals surface area contributed by atoms with Crippen molar-refractivity contribution in [2.24, 2.45) is 0 Å². The molecule has 0 aliphatic heterocycles. The quantitative estimate of drug-likeness (QED) is 0.430. The molecule has 0 unspecified atom stereocenters. The molecule has 2 aromatic heterocycles. The van der Waals surface area contributed by atoms with Crippen LogP contribution in [0.1, 0.15) is 31.7 Å². The standard InChI is InChI=1S/C22H26N4O2/c1-2-15-28-22-19(16-18-7-3-4-8-20(18)25-22)9-10-21(27)24-11-5-6-13-26-14-12-23-17-26/h3-4,7-10,12,14,16-17H,2,5-6,11,13,15H2,1H3,(H,24,27)/b10-9+. The highest BCUT2D eigenvalue weighted by atomic mass is 16.5. The number of nitrogens with one attached hydrogen (secondary N) is 1. The number of hydrogen-bond acceptors (Lipinski definition) is 4. The summed E-state index contributed by atoms with van der Waals surface area (Å²) in [4.78, 5) is 20.7. The van der Waals surface area contributed by atoms with E-state index >= 15 is 0 Å². The van der Waals surface area contributed by atoms with E-state index in [1.807, 2.05) is 41.1 Å². The van der Waals surface area contributed by atoms with Gasteiger partial charge in [0.1, 0.15) is 0 Å². The van der Waals surface area contributed by atoms with Crippen molar-refractivity contribution in [3.63, 3.8) is 0 Å². The Bertz CT molecular complexity index is 919. The molecule has 0 aliphatic rings. The lowest BCUT2D eigenvalue weighted by Gasteiger charge is -2.09. The molecule has 6 heteroatoms. The molecule has 1 amide bonds. The third kappa shape index (κ3) is 5.67. The molecule has 1 N–H and O–H groups in total. The van der Waals surface area contributed by atoms with E-state index in [-0.39, 0.29) is 5.91 Å². The van der Waals surface area contributed by atoms with Crippen LogP contribution in [0.4, 0.5) is 0 Å². The van der Waals surface area contributed by atoms with Gasteiger partial charge in [-0.2, -0.15) is 0 Å². The summed E-state index contributed by atoms with van der Waals surface area (Å²) in [6.07, 6.45) is 11.6. The highest BCUT2D eigenvalue weighted by Crippen LogP contribution is 2.23. The van der Waals surface area contributed by atoms with E-state index < -0.39 is 0 Å². The van der Waals surface area contributed by atoms with E-state index in [0.717, 1.165) is 42.3 Å². The Hall–Kier alpha value is -3.15. The molecule has 0 atom stereocenters. The van der Waals surface area contributed by atoms with Gasteiger partial charge in [-0.3, -0.25) is 4.79 Å². The minimum absolute atomic E-state index is 0.114. The molecule has 3 rings (SSSR count). The fraction of sp³-hybridized carbons (Fsp3) is 0.318. The molecule has 146 valence electrons. The van der Waals surface area contributed by atoms with E-state index in [1.54, 1.807) is 24.7 Å². The lowest BCUT2D eigenvalue weighted by atomic mass is 10.1. The number of amides is 1. The van der Waals surface area contributed by atoms with Crippen molar-refractivity contribution in [3.8, 4) is 5.88 Å². The summed E-state index contributed by atoms with van der Waals surface area (Å²) in [7, 11) is 0. The van der Waals surface area contributed by atoms with E-state index in [4.69, 9.17) is 4.74 Å². The highest BCUT2D eigenvalue weighted by molar-refractivity contribution is 5.93. The minimum atomic E-state index is -0.114. The van der Waals surface area contributed by atoms with E-state index in [9.17, 15) is 4.79 Å². The second-order valence-electron chi connectivity index (χ2n) is 6.56. The van der Waals surface area contributed by atoms with Crippen LogP contribution >= 0.6 is 0 Å². The van der Waals surface area contributed by atoms with Crippen LogP contribution in [0.3, 0.4) is 0 Å². The molecule has 0 aliphatic carbocycles. The summed E-state index contributed by atoms with van der Waals surface area (Å²) in [5.74, 6) is 0.446. The topological polar surface area (TPSA) is 69.0 Å². The number of ether oxygens (including phenoxy) is 1. The molecular formula is C22H26N4O2. The van der Waals surface area contributed by atoms with Gasteiger partial charge < -0.3 is 14.6 Å². The van der Waals surface area contributed by atoms with Gasteiger partial charge in [-0.15, -0.1) is 0 Å². The number of rotatable bonds is 10. The number of fused-ring (bicyclic) bond motifs is 1. The fourth-order valence-electron chi connectivity index (χ4n) is 2.82. The van der Waals surface area contributed by atoms with Crippen LogP contribution in [-0.4, -0.2) is 33.6 Å². The molecule has 2 heterocycles. The average Bonchev–Trinajstić information content (AvgIpc) is 3.23. The Balaban J connectivity index is 1.55. The van der Waals surface area contributed by atoms with Gasteiger partial charge >= 0.3 is 0 Å². The monoisotopic (exact) mass is 378 g/mol. The molecule has 0 bridgehead atoms. The van der Waals surface area contributed by atoms with Gasteiger partial charge in [-0.1, -0.05) is 25.1 Å². The number of aryl methyl sites for hydroxylation is 1. The predicted molar refractivity (Wildman–Crippen MR) is 111 cm³/mol. The van der Waals surface area contributed by atoms with Crippen LogP contribution < -0.4 is 10.1 Å². The zero-order valence-electron chi connectivity index (χ0n) is 16.2. The minimum Gasteiger partial charge on any atom is -0.477 e. The Kier molecular flexibility index (Phi) is 7.18. The van der Waals surface area contributed by atoms with Crippen molar-refractivity contribution >= 4 is 22.9 Å². The molecule has 0 radical (unpaired) electrons. The van der Waals surface area contributed by atoms with Crippen molar-refractivity contribution in [2.45, 2.75) is 32.7 Å². The number of pyridine rings is 1. The van der Waals surface area contributed by atoms with Crippen LogP contribution in [0, 0.1) is 0 Å². The zero-order chi connectivity index (χ0) is 19.6. The number of carbonyl (C=O) groups excluding carboxylic acids is 1. The second kappa shape index (κ2) is 10.3. The maximum absolute atomic E-state index is 12.1. The Morgan fingerprint density at radius 1 is 1.29 bits per heavy atom. The number of benzene rings is 1. The molecule has 6 nitrogen and oxygen atoms in total. The van der Waals surface area contributed by atoms with Gasteiger partial charge in [0.15, 0.2) is 0 Å². The summed E-state index contributed by atoms with van der Waals surface area (Å²) >= 11 is 0. The number of imidazole rings is 1. The van der Waals surface area contributed by atoms with Crippen molar-refractivity contribution in [1.82, 2.24) is 19.9 Å². The molecule has 28 heavy (non-hydrogen) atoms. The van der Waals surface area contributed by atoms with Gasteiger partial charge in [0.25, 0.3) is 0 Å². The molecule has 1 aromatic carbocycles. The van der Waals surface area contributed by atoms with Gasteiger partial charge in [0.2, 0.25) is 11.8 Å². The third-order valence-corrected chi connectivity index (χ3v) is 4.28. The molecule has 0 saturated heterocycles. The predicted octanol–water partition coefficient (Wildman–Crippen LogP) is 3.83. The van der Waals surface area contributed by atoms with E-state index in [2.05, 4.69) is 22.2 Å². The maximum atomic E-state index is 12.1. The van der Waals surface area contributed by atoms with Crippen LogP contribution in [0.15, 0.2) is 55.1 Å². The lowest BCUT2D eigenvalue weighted by molar-refractivity contribution is -0.116. The van der Waals surface area contributed by atoms with Crippen molar-refractivity contribution < 1.29 is 9.53 Å². The first-order chi connectivity index (χ1) is 13.8. The lowest BCUT2D eigenvalue weighted by Crippen LogP contribution is -2.22. The van der Waals surface area contributed by atoms with Crippen LogP contribution in [0.5, 0.6) is 5.88 Å². The zero-order valence-corrected chi connectivity index (χ0v) is 16.2. The van der Waals surface area contributed by atoms with Crippen LogP contribution in [-0.2, 0) is 11.3 Å². The Morgan fingerprint density at radius 3 is 3.00 bits per heavy atom. The SMILES string of the molecule is CCCOc1nc2ccccc2cc1/C=C/C(=O)NCCCCn1ccnc1. The van der Waals surface area contributed by atoms with Gasteiger partial charge in [0.05, 0.1) is 18.5 Å². The molecular weight excluding hydrogens is 352 g/mol. The average molecular weight is 378 g/mol. The molecule has 0 fully saturated rings. The van der Waals surface area contributed by atoms with Crippen LogP contribution in [0.2, 0.25) is 0 Å². The molecule has 0 spiro atoms.